The molecule has 0 saturated carbocycles. The van der Waals surface area contributed by atoms with E-state index in [0.717, 1.165) is 0 Å². The third kappa shape index (κ3) is 4.72. The number of ether oxygens (including phenoxy) is 1. The number of imide groups is 1. The number of carbonyl (C=O) groups excluding carboxylic acids is 3. The first-order chi connectivity index (χ1) is 12.2. The van der Waals surface area contributed by atoms with Crippen LogP contribution in [0.15, 0.2) is 24.3 Å². The van der Waals surface area contributed by atoms with Crippen LogP contribution < -0.4 is 14.9 Å². The second-order valence-corrected chi connectivity index (χ2v) is 7.70. The Bertz CT molecular complexity index is 808. The molecular formula is C16H21N3O6S. The standard InChI is InChI=1S/C16H21N3O6S/c1-3-17-16(22)18-14(20)11(2)25-15(21)12-6-4-7-13(10-12)19-8-5-9-26(19,23)24/h4,6-7,10-11H,3,5,8-9H2,1-2H3,(H2,17,18,20,22). The van der Waals surface area contributed by atoms with Gasteiger partial charge in [-0.15, -0.1) is 0 Å². The highest BCUT2D eigenvalue weighted by Crippen LogP contribution is 2.25. The second kappa shape index (κ2) is 8.17. The number of urea groups is 1. The predicted molar refractivity (Wildman–Crippen MR) is 94.3 cm³/mol. The van der Waals surface area contributed by atoms with Crippen LogP contribution in [-0.2, 0) is 19.6 Å². The van der Waals surface area contributed by atoms with Gasteiger partial charge in [0.05, 0.1) is 17.0 Å². The average Bonchev–Trinajstić information content (AvgIpc) is 2.94. The lowest BCUT2D eigenvalue weighted by Gasteiger charge is -2.18. The molecule has 1 aromatic rings. The van der Waals surface area contributed by atoms with Crippen molar-refractivity contribution in [3.8, 4) is 0 Å². The van der Waals surface area contributed by atoms with Crippen LogP contribution in [0, 0.1) is 0 Å². The minimum absolute atomic E-state index is 0.0682. The molecule has 1 aromatic carbocycles. The van der Waals surface area contributed by atoms with E-state index >= 15 is 0 Å². The summed E-state index contributed by atoms with van der Waals surface area (Å²) in [5.41, 5.74) is 0.485. The summed E-state index contributed by atoms with van der Waals surface area (Å²) in [7, 11) is -3.37. The van der Waals surface area contributed by atoms with Gasteiger partial charge in [0.15, 0.2) is 6.10 Å². The molecule has 1 atom stereocenters. The van der Waals surface area contributed by atoms with Crippen LogP contribution in [0.5, 0.6) is 0 Å². The first kappa shape index (κ1) is 19.7. The zero-order valence-corrected chi connectivity index (χ0v) is 15.3. The van der Waals surface area contributed by atoms with E-state index in [1.807, 2.05) is 0 Å². The number of sulfonamides is 1. The monoisotopic (exact) mass is 383 g/mol. The molecule has 0 radical (unpaired) electrons. The maximum atomic E-state index is 12.2. The molecule has 2 N–H and O–H groups in total. The molecule has 1 aliphatic heterocycles. The van der Waals surface area contributed by atoms with Crippen molar-refractivity contribution in [1.82, 2.24) is 10.6 Å². The quantitative estimate of drug-likeness (QED) is 0.719. The number of anilines is 1. The third-order valence-electron chi connectivity index (χ3n) is 3.70. The summed E-state index contributed by atoms with van der Waals surface area (Å²) in [5.74, 6) is -1.48. The summed E-state index contributed by atoms with van der Waals surface area (Å²) < 4.78 is 30.3. The van der Waals surface area contributed by atoms with Crippen molar-refractivity contribution in [3.05, 3.63) is 29.8 Å². The van der Waals surface area contributed by atoms with Crippen molar-refractivity contribution < 1.29 is 27.5 Å². The summed E-state index contributed by atoms with van der Waals surface area (Å²) in [6.45, 7) is 3.73. The van der Waals surface area contributed by atoms with Gasteiger partial charge in [0, 0.05) is 13.1 Å². The molecule has 10 heteroatoms. The van der Waals surface area contributed by atoms with Gasteiger partial charge >= 0.3 is 12.0 Å². The molecule has 142 valence electrons. The Morgan fingerprint density at radius 3 is 2.65 bits per heavy atom. The van der Waals surface area contributed by atoms with Crippen molar-refractivity contribution in [2.75, 3.05) is 23.1 Å². The van der Waals surface area contributed by atoms with Gasteiger partial charge in [-0.25, -0.2) is 18.0 Å². The van der Waals surface area contributed by atoms with E-state index in [-0.39, 0.29) is 11.3 Å². The SMILES string of the molecule is CCNC(=O)NC(=O)C(C)OC(=O)c1cccc(N2CCCS2(=O)=O)c1. The largest absolute Gasteiger partial charge is 0.449 e. The summed E-state index contributed by atoms with van der Waals surface area (Å²) in [4.78, 5) is 35.4. The Morgan fingerprint density at radius 1 is 1.31 bits per heavy atom. The van der Waals surface area contributed by atoms with Gasteiger partial charge in [-0.1, -0.05) is 6.07 Å². The van der Waals surface area contributed by atoms with E-state index in [1.165, 1.54) is 23.4 Å². The number of hydrogen-bond donors (Lipinski definition) is 2. The molecule has 3 amide bonds. The smallest absolute Gasteiger partial charge is 0.338 e. The topological polar surface area (TPSA) is 122 Å². The number of esters is 1. The van der Waals surface area contributed by atoms with Gasteiger partial charge in [-0.3, -0.25) is 14.4 Å². The number of nitrogens with zero attached hydrogens (tertiary/aromatic N) is 1. The van der Waals surface area contributed by atoms with Gasteiger partial charge in [0.2, 0.25) is 10.0 Å². The molecule has 0 aromatic heterocycles. The van der Waals surface area contributed by atoms with E-state index in [0.29, 0.717) is 25.2 Å². The minimum atomic E-state index is -3.37. The van der Waals surface area contributed by atoms with E-state index in [9.17, 15) is 22.8 Å². The van der Waals surface area contributed by atoms with Crippen molar-refractivity contribution in [2.24, 2.45) is 0 Å². The summed E-state index contributed by atoms with van der Waals surface area (Å²) in [6.07, 6.45) is -0.669. The fraction of sp³-hybridized carbons (Fsp3) is 0.438. The molecule has 2 rings (SSSR count). The molecular weight excluding hydrogens is 362 g/mol. The second-order valence-electron chi connectivity index (χ2n) is 5.69. The Hall–Kier alpha value is -2.62. The molecule has 1 aliphatic rings. The van der Waals surface area contributed by atoms with Crippen LogP contribution in [-0.4, -0.2) is 51.3 Å². The van der Waals surface area contributed by atoms with E-state index in [1.54, 1.807) is 19.1 Å². The molecule has 1 saturated heterocycles. The fourth-order valence-electron chi connectivity index (χ4n) is 2.42. The lowest BCUT2D eigenvalue weighted by molar-refractivity contribution is -0.127. The van der Waals surface area contributed by atoms with E-state index in [4.69, 9.17) is 4.74 Å². The Balaban J connectivity index is 2.05. The number of nitrogens with one attached hydrogen (secondary N) is 2. The number of rotatable bonds is 5. The summed E-state index contributed by atoms with van der Waals surface area (Å²) in [6, 6.07) is 5.31. The highest BCUT2D eigenvalue weighted by atomic mass is 32.2. The van der Waals surface area contributed by atoms with Crippen LogP contribution in [0.3, 0.4) is 0 Å². The fourth-order valence-corrected chi connectivity index (χ4v) is 3.97. The van der Waals surface area contributed by atoms with Crippen molar-refractivity contribution in [1.29, 1.82) is 0 Å². The highest BCUT2D eigenvalue weighted by Gasteiger charge is 2.29. The van der Waals surface area contributed by atoms with Crippen LogP contribution in [0.2, 0.25) is 0 Å². The minimum Gasteiger partial charge on any atom is -0.449 e. The molecule has 0 bridgehead atoms. The normalized spacial score (nSPS) is 16.6. The lowest BCUT2D eigenvalue weighted by Crippen LogP contribution is -2.44. The summed E-state index contributed by atoms with van der Waals surface area (Å²) >= 11 is 0. The zero-order valence-electron chi connectivity index (χ0n) is 14.5. The van der Waals surface area contributed by atoms with Crippen LogP contribution >= 0.6 is 0 Å². The maximum Gasteiger partial charge on any atom is 0.338 e. The Labute approximate surface area is 151 Å². The average molecular weight is 383 g/mol. The third-order valence-corrected chi connectivity index (χ3v) is 5.57. The molecule has 1 fully saturated rings. The van der Waals surface area contributed by atoms with Gasteiger partial charge in [0.1, 0.15) is 0 Å². The molecule has 9 nitrogen and oxygen atoms in total. The zero-order chi connectivity index (χ0) is 19.3. The van der Waals surface area contributed by atoms with Crippen molar-refractivity contribution in [2.45, 2.75) is 26.4 Å². The lowest BCUT2D eigenvalue weighted by atomic mass is 10.2. The maximum absolute atomic E-state index is 12.2. The van der Waals surface area contributed by atoms with E-state index < -0.39 is 34.0 Å². The predicted octanol–water partition coefficient (Wildman–Crippen LogP) is 0.618. The van der Waals surface area contributed by atoms with Crippen molar-refractivity contribution in [3.63, 3.8) is 0 Å². The van der Waals surface area contributed by atoms with Gasteiger partial charge in [0.25, 0.3) is 5.91 Å². The van der Waals surface area contributed by atoms with Crippen LogP contribution in [0.25, 0.3) is 0 Å². The Morgan fingerprint density at radius 2 is 2.04 bits per heavy atom. The van der Waals surface area contributed by atoms with E-state index in [2.05, 4.69) is 10.6 Å². The number of amides is 3. The first-order valence-electron chi connectivity index (χ1n) is 8.14. The number of carbonyl (C=O) groups is 3. The van der Waals surface area contributed by atoms with Crippen LogP contribution in [0.4, 0.5) is 10.5 Å². The van der Waals surface area contributed by atoms with Gasteiger partial charge in [-0.05, 0) is 38.5 Å². The molecule has 1 unspecified atom stereocenters. The van der Waals surface area contributed by atoms with Gasteiger partial charge in [-0.2, -0.15) is 0 Å². The molecule has 0 spiro atoms. The first-order valence-corrected chi connectivity index (χ1v) is 9.75. The number of benzene rings is 1. The molecule has 26 heavy (non-hydrogen) atoms. The summed E-state index contributed by atoms with van der Waals surface area (Å²) in [5, 5.41) is 4.44. The van der Waals surface area contributed by atoms with Crippen molar-refractivity contribution >= 4 is 33.6 Å². The highest BCUT2D eigenvalue weighted by molar-refractivity contribution is 7.93. The van der Waals surface area contributed by atoms with Gasteiger partial charge < -0.3 is 10.1 Å². The van der Waals surface area contributed by atoms with Crippen LogP contribution in [0.1, 0.15) is 30.6 Å². The molecule has 0 aliphatic carbocycles. The number of hydrogen-bond acceptors (Lipinski definition) is 6. The Kier molecular flexibility index (Phi) is 6.19. The molecule has 1 heterocycles.